The van der Waals surface area contributed by atoms with Gasteiger partial charge in [0.2, 0.25) is 0 Å². The molecule has 0 amide bonds. The molecule has 2 unspecified atom stereocenters. The average Bonchev–Trinajstić information content (AvgIpc) is 3.39. The van der Waals surface area contributed by atoms with Crippen molar-refractivity contribution in [2.24, 2.45) is 0 Å². The molecule has 0 aromatic heterocycles. The lowest BCUT2D eigenvalue weighted by Crippen LogP contribution is -2.18. The molecule has 2 N–H and O–H groups in total. The minimum atomic E-state index is -0.390. The molecule has 7 nitrogen and oxygen atoms in total. The van der Waals surface area contributed by atoms with Crippen LogP contribution in [0.5, 0.6) is 11.5 Å². The number of rotatable bonds is 6. The summed E-state index contributed by atoms with van der Waals surface area (Å²) < 4.78 is 17.5. The van der Waals surface area contributed by atoms with E-state index in [9.17, 15) is 4.79 Å². The quantitative estimate of drug-likeness (QED) is 0.450. The molecule has 4 atom stereocenters. The highest BCUT2D eigenvalue weighted by molar-refractivity contribution is 5.67. The molecule has 3 aromatic carbocycles. The van der Waals surface area contributed by atoms with Crippen molar-refractivity contribution in [3.05, 3.63) is 82.9 Å². The molecule has 0 radical (unpaired) electrons. The van der Waals surface area contributed by atoms with E-state index >= 15 is 0 Å². The Morgan fingerprint density at radius 3 is 2.69 bits per heavy atom. The van der Waals surface area contributed by atoms with Crippen molar-refractivity contribution < 1.29 is 19.0 Å². The number of nitrogens with zero attached hydrogens (tertiary/aromatic N) is 1. The van der Waals surface area contributed by atoms with Crippen LogP contribution >= 0.6 is 0 Å². The first-order chi connectivity index (χ1) is 16.9. The van der Waals surface area contributed by atoms with Gasteiger partial charge in [0.25, 0.3) is 0 Å². The normalized spacial score (nSPS) is 20.5. The van der Waals surface area contributed by atoms with Gasteiger partial charge in [-0.2, -0.15) is 5.26 Å². The summed E-state index contributed by atoms with van der Waals surface area (Å²) in [5.41, 5.74) is 5.53. The number of benzene rings is 3. The molecule has 0 aliphatic carbocycles. The van der Waals surface area contributed by atoms with Crippen LogP contribution in [0.1, 0.15) is 61.2 Å². The van der Waals surface area contributed by atoms with E-state index in [0.29, 0.717) is 12.2 Å². The highest BCUT2D eigenvalue weighted by Gasteiger charge is 2.34. The number of carbonyl (C=O) groups is 1. The first-order valence-corrected chi connectivity index (χ1v) is 11.7. The highest BCUT2D eigenvalue weighted by Crippen LogP contribution is 2.44. The fraction of sp³-hybridized carbons (Fsp3) is 0.286. The molecule has 0 bridgehead atoms. The number of hydrogen-bond acceptors (Lipinski definition) is 7. The van der Waals surface area contributed by atoms with E-state index in [1.54, 1.807) is 0 Å². The van der Waals surface area contributed by atoms with Crippen molar-refractivity contribution >= 4 is 17.3 Å². The Morgan fingerprint density at radius 2 is 1.94 bits per heavy atom. The maximum Gasteiger partial charge on any atom is 0.303 e. The molecule has 35 heavy (non-hydrogen) atoms. The summed E-state index contributed by atoms with van der Waals surface area (Å²) in [5, 5.41) is 16.1. The molecule has 2 aliphatic rings. The minimum absolute atomic E-state index is 0.0156. The molecular weight excluding hydrogens is 442 g/mol. The van der Waals surface area contributed by atoms with Gasteiger partial charge in [0, 0.05) is 35.8 Å². The van der Waals surface area contributed by atoms with Crippen LogP contribution in [0.25, 0.3) is 0 Å². The van der Waals surface area contributed by atoms with Gasteiger partial charge in [-0.15, -0.1) is 0 Å². The predicted molar refractivity (Wildman–Crippen MR) is 133 cm³/mol. The summed E-state index contributed by atoms with van der Waals surface area (Å²) in [4.78, 5) is 11.4. The second-order valence-corrected chi connectivity index (χ2v) is 8.94. The molecule has 3 aromatic rings. The monoisotopic (exact) mass is 469 g/mol. The smallest absolute Gasteiger partial charge is 0.303 e. The molecular formula is C28H27N3O4. The highest BCUT2D eigenvalue weighted by atomic mass is 16.6. The van der Waals surface area contributed by atoms with Crippen LogP contribution in [-0.4, -0.2) is 18.7 Å². The molecule has 0 fully saturated rings. The van der Waals surface area contributed by atoms with Gasteiger partial charge in [0.15, 0.2) is 6.10 Å². The average molecular weight is 470 g/mol. The van der Waals surface area contributed by atoms with Crippen LogP contribution in [0.3, 0.4) is 0 Å². The number of para-hydroxylation sites is 1. The zero-order valence-electron chi connectivity index (χ0n) is 19.9. The summed E-state index contributed by atoms with van der Waals surface area (Å²) >= 11 is 0. The molecule has 0 spiro atoms. The van der Waals surface area contributed by atoms with Crippen molar-refractivity contribution in [1.82, 2.24) is 0 Å². The van der Waals surface area contributed by atoms with E-state index < -0.39 is 0 Å². The molecule has 178 valence electrons. The summed E-state index contributed by atoms with van der Waals surface area (Å²) in [6.07, 6.45) is -0.620. The van der Waals surface area contributed by atoms with E-state index in [0.717, 1.165) is 39.6 Å². The number of hydrogen-bond donors (Lipinski definition) is 2. The van der Waals surface area contributed by atoms with Gasteiger partial charge < -0.3 is 24.8 Å². The lowest BCUT2D eigenvalue weighted by molar-refractivity contribution is -0.149. The Morgan fingerprint density at radius 1 is 1.14 bits per heavy atom. The Bertz CT molecular complexity index is 1300. The zero-order chi connectivity index (χ0) is 24.5. The van der Waals surface area contributed by atoms with Gasteiger partial charge in [-0.1, -0.05) is 24.3 Å². The SMILES string of the molecule is CC(=O)O[C@H]1c2ccc(N[C@@H]3COc4c(NC(C)c5ccc(C#N)cc5)cccc43)cc2OC1C. The van der Waals surface area contributed by atoms with Crippen LogP contribution in [0.4, 0.5) is 11.4 Å². The first kappa shape index (κ1) is 22.6. The molecule has 0 saturated carbocycles. The van der Waals surface area contributed by atoms with Crippen LogP contribution in [-0.2, 0) is 9.53 Å². The third-order valence-electron chi connectivity index (χ3n) is 6.42. The number of esters is 1. The number of nitrogens with one attached hydrogen (secondary N) is 2. The third-order valence-corrected chi connectivity index (χ3v) is 6.42. The summed E-state index contributed by atoms with van der Waals surface area (Å²) in [7, 11) is 0. The summed E-state index contributed by atoms with van der Waals surface area (Å²) in [6.45, 7) is 5.89. The van der Waals surface area contributed by atoms with E-state index in [4.69, 9.17) is 19.5 Å². The lowest BCUT2D eigenvalue weighted by Gasteiger charge is -2.18. The van der Waals surface area contributed by atoms with Crippen LogP contribution < -0.4 is 20.1 Å². The zero-order valence-corrected chi connectivity index (χ0v) is 19.9. The number of nitriles is 1. The third kappa shape index (κ3) is 4.47. The van der Waals surface area contributed by atoms with E-state index in [1.807, 2.05) is 61.5 Å². The first-order valence-electron chi connectivity index (χ1n) is 11.7. The number of fused-ring (bicyclic) bond motifs is 2. The Kier molecular flexibility index (Phi) is 5.96. The second-order valence-electron chi connectivity index (χ2n) is 8.94. The Balaban J connectivity index is 1.31. The van der Waals surface area contributed by atoms with E-state index in [1.165, 1.54) is 6.92 Å². The Labute approximate surface area is 204 Å². The van der Waals surface area contributed by atoms with Crippen LogP contribution in [0, 0.1) is 11.3 Å². The maximum atomic E-state index is 11.4. The molecule has 0 saturated heterocycles. The van der Waals surface area contributed by atoms with Crippen molar-refractivity contribution in [3.63, 3.8) is 0 Å². The second kappa shape index (κ2) is 9.22. The fourth-order valence-electron chi connectivity index (χ4n) is 4.66. The van der Waals surface area contributed by atoms with Gasteiger partial charge in [0.05, 0.1) is 23.4 Å². The number of carbonyl (C=O) groups excluding carboxylic acids is 1. The summed E-state index contributed by atoms with van der Waals surface area (Å²) in [6, 6.07) is 21.7. The van der Waals surface area contributed by atoms with Gasteiger partial charge in [-0.25, -0.2) is 0 Å². The van der Waals surface area contributed by atoms with E-state index in [-0.39, 0.29) is 30.3 Å². The van der Waals surface area contributed by atoms with Crippen LogP contribution in [0.2, 0.25) is 0 Å². The van der Waals surface area contributed by atoms with E-state index in [2.05, 4.69) is 29.7 Å². The van der Waals surface area contributed by atoms with Crippen LogP contribution in [0.15, 0.2) is 60.7 Å². The predicted octanol–water partition coefficient (Wildman–Crippen LogP) is 5.66. The molecule has 7 heteroatoms. The molecule has 2 aliphatic heterocycles. The fourth-order valence-corrected chi connectivity index (χ4v) is 4.66. The van der Waals surface area contributed by atoms with Gasteiger partial charge in [0.1, 0.15) is 24.2 Å². The molecule has 5 rings (SSSR count). The van der Waals surface area contributed by atoms with Crippen molar-refractivity contribution in [3.8, 4) is 17.6 Å². The maximum absolute atomic E-state index is 11.4. The van der Waals surface area contributed by atoms with Crippen molar-refractivity contribution in [2.45, 2.75) is 45.1 Å². The lowest BCUT2D eigenvalue weighted by atomic mass is 10.0. The largest absolute Gasteiger partial charge is 0.489 e. The van der Waals surface area contributed by atoms with Gasteiger partial charge in [-0.3, -0.25) is 4.79 Å². The minimum Gasteiger partial charge on any atom is -0.489 e. The molecule has 2 heterocycles. The summed E-state index contributed by atoms with van der Waals surface area (Å²) in [5.74, 6) is 1.24. The number of anilines is 2. The standard InChI is InChI=1S/C28H27N3O4/c1-16(20-9-7-19(14-29)8-10-20)30-24-6-4-5-22-25(15-33-28(22)24)31-21-11-12-23-26(13-21)34-17(2)27(23)35-18(3)32/h4-13,16-17,25,27,30-31H,15H2,1-3H3/t16?,17?,25-,27-/m1/s1. The van der Waals surface area contributed by atoms with Gasteiger partial charge in [-0.05, 0) is 49.7 Å². The van der Waals surface area contributed by atoms with Crippen molar-refractivity contribution in [1.29, 1.82) is 5.26 Å². The number of ether oxygens (including phenoxy) is 3. The van der Waals surface area contributed by atoms with Crippen molar-refractivity contribution in [2.75, 3.05) is 17.2 Å². The Hall–Kier alpha value is -4.18. The topological polar surface area (TPSA) is 92.6 Å². The van der Waals surface area contributed by atoms with Gasteiger partial charge >= 0.3 is 5.97 Å².